The molecule has 92 heavy (non-hydrogen) atoms. The minimum Gasteiger partial charge on any atom is -0.494 e. The van der Waals surface area contributed by atoms with Crippen LogP contribution in [0.25, 0.3) is 132 Å². The molecule has 11 aromatic carbocycles. The lowest BCUT2D eigenvalue weighted by Crippen LogP contribution is -2.05. The topological polar surface area (TPSA) is 54.1 Å². The van der Waals surface area contributed by atoms with Crippen molar-refractivity contribution in [2.75, 3.05) is 13.2 Å². The van der Waals surface area contributed by atoms with E-state index < -0.39 is 0 Å². The monoisotopic (exact) mass is 1210 g/mol. The van der Waals surface area contributed by atoms with E-state index in [-0.39, 0.29) is 0 Å². The van der Waals surface area contributed by atoms with E-state index in [4.69, 9.17) is 19.4 Å². The van der Waals surface area contributed by atoms with Crippen molar-refractivity contribution in [3.63, 3.8) is 0 Å². The van der Waals surface area contributed by atoms with Crippen molar-refractivity contribution in [3.8, 4) is 67.7 Å². The summed E-state index contributed by atoms with van der Waals surface area (Å²) in [7, 11) is 0. The highest BCUT2D eigenvalue weighted by Gasteiger charge is 2.26. The molecule has 0 spiro atoms. The van der Waals surface area contributed by atoms with Crippen LogP contribution in [0.1, 0.15) is 156 Å². The highest BCUT2D eigenvalue weighted by molar-refractivity contribution is 6.27. The van der Waals surface area contributed by atoms with Crippen LogP contribution in [-0.4, -0.2) is 32.3 Å². The zero-order valence-electron chi connectivity index (χ0n) is 55.1. The van der Waals surface area contributed by atoms with Crippen molar-refractivity contribution in [2.45, 2.75) is 169 Å². The van der Waals surface area contributed by atoms with Gasteiger partial charge in [-0.2, -0.15) is 0 Å². The molecule has 0 saturated heterocycles. The summed E-state index contributed by atoms with van der Waals surface area (Å²) >= 11 is 0. The van der Waals surface area contributed by atoms with Crippen LogP contribution in [0, 0.1) is 0 Å². The van der Waals surface area contributed by atoms with Gasteiger partial charge in [0.2, 0.25) is 0 Å². The first-order valence-electron chi connectivity index (χ1n) is 35.3. The predicted octanol–water partition coefficient (Wildman–Crippen LogP) is 25.1. The maximum Gasteiger partial charge on any atom is 0.145 e. The molecule has 2 aromatic heterocycles. The molecule has 0 atom stereocenters. The van der Waals surface area contributed by atoms with Gasteiger partial charge in [0, 0.05) is 40.2 Å². The Kier molecular flexibility index (Phi) is 20.0. The SMILES string of the molecule is CCCCCCCCOc1ccc(-c2nc3c4cc(-c5ccccc5)ccc4c4ccc(-c5ccc6c7ccc(-c8ccccc8)cc7c7c(nc(-c8c(OCCCCCC)ccc9ccccc89)n7CCCCCC)c6c5)cc4c3n2CCCCCCCC)cc1. The van der Waals surface area contributed by atoms with Crippen LogP contribution in [0.5, 0.6) is 11.5 Å². The first-order chi connectivity index (χ1) is 45.5. The third-order valence-electron chi connectivity index (χ3n) is 19.4. The minimum atomic E-state index is 0.670. The summed E-state index contributed by atoms with van der Waals surface area (Å²) in [6.07, 6.45) is 23.9. The maximum absolute atomic E-state index is 6.93. The van der Waals surface area contributed by atoms with Crippen molar-refractivity contribution in [2.24, 2.45) is 0 Å². The summed E-state index contributed by atoms with van der Waals surface area (Å²) in [6, 6.07) is 72.3. The summed E-state index contributed by atoms with van der Waals surface area (Å²) < 4.78 is 18.5. The molecular formula is C86H92N4O2. The van der Waals surface area contributed by atoms with Gasteiger partial charge in [0.15, 0.2) is 0 Å². The lowest BCUT2D eigenvalue weighted by atomic mass is 9.92. The van der Waals surface area contributed by atoms with Crippen LogP contribution in [-0.2, 0) is 13.1 Å². The molecule has 6 heteroatoms. The summed E-state index contributed by atoms with van der Waals surface area (Å²) in [6.45, 7) is 12.3. The maximum atomic E-state index is 6.93. The van der Waals surface area contributed by atoms with E-state index in [1.54, 1.807) is 0 Å². The van der Waals surface area contributed by atoms with Gasteiger partial charge in [0.25, 0.3) is 0 Å². The van der Waals surface area contributed by atoms with Crippen molar-refractivity contribution >= 4 is 75.9 Å². The fraction of sp³-hybridized carbons (Fsp3) is 0.326. The molecule has 0 aliphatic carbocycles. The molecule has 0 bridgehead atoms. The molecule has 13 rings (SSSR count). The summed E-state index contributed by atoms with van der Waals surface area (Å²) in [5, 5.41) is 12.0. The standard InChI is InChI=1S/C86H92N4O2/c1-5-9-13-17-19-30-53-89-83-78-60-68(44-51-74(78)71-48-41-65(61-33-23-21-24-34-61)57-75(71)81(83)87-85(89)64-39-46-69(47-40-64)91-55-32-20-18-14-10-6-2)67-43-49-72-73-50-42-66(62-35-25-22-26-36-62)59-77(73)84-82(76(72)58-67)88-86(90(84)54-29-15-11-7-3)80-70-38-28-27-37-63(70)45-52-79(80)92-56-31-16-12-8-4/h21-28,33-52,57-60H,5-20,29-32,53-56H2,1-4H3. The Morgan fingerprint density at radius 3 is 1.24 bits per heavy atom. The van der Waals surface area contributed by atoms with E-state index in [1.807, 2.05) is 0 Å². The number of fused-ring (bicyclic) bond motifs is 13. The second-order valence-corrected chi connectivity index (χ2v) is 25.9. The van der Waals surface area contributed by atoms with E-state index in [0.717, 1.165) is 120 Å². The van der Waals surface area contributed by atoms with E-state index in [0.29, 0.717) is 6.61 Å². The second kappa shape index (κ2) is 29.7. The normalized spacial score (nSPS) is 11.9. The number of hydrogen-bond acceptors (Lipinski definition) is 4. The zero-order valence-corrected chi connectivity index (χ0v) is 55.1. The van der Waals surface area contributed by atoms with E-state index >= 15 is 0 Å². The smallest absolute Gasteiger partial charge is 0.145 e. The molecular weight excluding hydrogens is 1120 g/mol. The summed E-state index contributed by atoms with van der Waals surface area (Å²) in [5.74, 6) is 3.80. The Bertz CT molecular complexity index is 4630. The first-order valence-corrected chi connectivity index (χ1v) is 35.3. The number of nitrogens with zero attached hydrogens (tertiary/aromatic N) is 4. The van der Waals surface area contributed by atoms with E-state index in [9.17, 15) is 0 Å². The molecule has 0 saturated carbocycles. The molecule has 0 aliphatic rings. The predicted molar refractivity (Wildman–Crippen MR) is 394 cm³/mol. The summed E-state index contributed by atoms with van der Waals surface area (Å²) in [5.41, 5.74) is 13.8. The van der Waals surface area contributed by atoms with Gasteiger partial charge in [0.1, 0.15) is 23.1 Å². The quantitative estimate of drug-likeness (QED) is 0.0321. The van der Waals surface area contributed by atoms with Gasteiger partial charge >= 0.3 is 0 Å². The fourth-order valence-electron chi connectivity index (χ4n) is 14.4. The molecule has 0 radical (unpaired) electrons. The zero-order chi connectivity index (χ0) is 62.6. The largest absolute Gasteiger partial charge is 0.494 e. The molecule has 2 heterocycles. The molecule has 6 nitrogen and oxygen atoms in total. The second-order valence-electron chi connectivity index (χ2n) is 25.9. The van der Waals surface area contributed by atoms with Gasteiger partial charge in [-0.25, -0.2) is 9.97 Å². The molecule has 468 valence electrons. The van der Waals surface area contributed by atoms with Crippen LogP contribution in [0.2, 0.25) is 0 Å². The van der Waals surface area contributed by atoms with Gasteiger partial charge in [0.05, 0.1) is 40.8 Å². The Hall–Kier alpha value is -8.74. The molecule has 0 unspecified atom stereocenters. The minimum absolute atomic E-state index is 0.670. The van der Waals surface area contributed by atoms with Gasteiger partial charge in [-0.15, -0.1) is 0 Å². The Labute approximate surface area is 545 Å². The molecule has 0 N–H and O–H groups in total. The van der Waals surface area contributed by atoms with Crippen LogP contribution >= 0.6 is 0 Å². The third kappa shape index (κ3) is 13.2. The fourth-order valence-corrected chi connectivity index (χ4v) is 14.4. The van der Waals surface area contributed by atoms with Crippen LogP contribution in [0.4, 0.5) is 0 Å². The van der Waals surface area contributed by atoms with Crippen LogP contribution in [0.3, 0.4) is 0 Å². The number of rotatable bonds is 31. The first kappa shape index (κ1) is 62.1. The Balaban J connectivity index is 1.02. The molecule has 13 aromatic rings. The average molecular weight is 1210 g/mol. The van der Waals surface area contributed by atoms with E-state index in [1.165, 1.54) is 172 Å². The van der Waals surface area contributed by atoms with E-state index in [2.05, 4.69) is 231 Å². The van der Waals surface area contributed by atoms with Gasteiger partial charge in [-0.1, -0.05) is 270 Å². The number of aryl methyl sites for hydroxylation is 2. The summed E-state index contributed by atoms with van der Waals surface area (Å²) in [4.78, 5) is 11.8. The van der Waals surface area contributed by atoms with Crippen LogP contribution < -0.4 is 9.47 Å². The molecule has 0 aliphatic heterocycles. The van der Waals surface area contributed by atoms with Crippen LogP contribution in [0.15, 0.2) is 194 Å². The van der Waals surface area contributed by atoms with Gasteiger partial charge < -0.3 is 18.6 Å². The number of imidazole rings is 2. The number of aromatic nitrogens is 4. The lowest BCUT2D eigenvalue weighted by molar-refractivity contribution is 0.304. The number of unbranched alkanes of at least 4 members (excludes halogenated alkanes) is 16. The van der Waals surface area contributed by atoms with Gasteiger partial charge in [-0.3, -0.25) is 0 Å². The molecule has 0 fully saturated rings. The highest BCUT2D eigenvalue weighted by Crippen LogP contribution is 2.46. The Morgan fingerprint density at radius 1 is 0.293 bits per heavy atom. The number of ether oxygens (including phenoxy) is 2. The van der Waals surface area contributed by atoms with Crippen molar-refractivity contribution in [1.29, 1.82) is 0 Å². The van der Waals surface area contributed by atoms with Crippen molar-refractivity contribution < 1.29 is 9.47 Å². The molecule has 0 amide bonds. The van der Waals surface area contributed by atoms with Crippen molar-refractivity contribution in [3.05, 3.63) is 194 Å². The number of hydrogen-bond donors (Lipinski definition) is 0. The Morgan fingerprint density at radius 2 is 0.696 bits per heavy atom. The van der Waals surface area contributed by atoms with Gasteiger partial charge in [-0.05, 0) is 146 Å². The highest BCUT2D eigenvalue weighted by atomic mass is 16.5. The third-order valence-corrected chi connectivity index (χ3v) is 19.4. The van der Waals surface area contributed by atoms with Crippen molar-refractivity contribution in [1.82, 2.24) is 19.1 Å². The number of benzene rings is 11. The lowest BCUT2D eigenvalue weighted by Gasteiger charge is -2.17. The average Bonchev–Trinajstić information content (AvgIpc) is 1.55.